The fraction of sp³-hybridized carbons (Fsp3) is 0.409. The van der Waals surface area contributed by atoms with Crippen molar-refractivity contribution in [2.45, 2.75) is 25.7 Å². The van der Waals surface area contributed by atoms with Crippen molar-refractivity contribution in [3.63, 3.8) is 0 Å². The van der Waals surface area contributed by atoms with E-state index >= 15 is 0 Å². The lowest BCUT2D eigenvalue weighted by Crippen LogP contribution is -2.49. The monoisotopic (exact) mass is 445 g/mol. The first-order valence-corrected chi connectivity index (χ1v) is 10.6. The highest BCUT2D eigenvalue weighted by molar-refractivity contribution is 5.74. The number of anilines is 1. The summed E-state index contributed by atoms with van der Waals surface area (Å²) in [7, 11) is 0. The van der Waals surface area contributed by atoms with Gasteiger partial charge in [0.05, 0.1) is 11.8 Å². The number of benzene rings is 1. The highest BCUT2D eigenvalue weighted by Gasteiger charge is 2.31. The minimum Gasteiger partial charge on any atom is -0.353 e. The van der Waals surface area contributed by atoms with E-state index in [1.165, 1.54) is 12.1 Å². The Labute approximate surface area is 184 Å². The summed E-state index contributed by atoms with van der Waals surface area (Å²) in [5, 5.41) is 4.35. The number of aromatic nitrogens is 4. The molecule has 0 radical (unpaired) electrons. The zero-order valence-corrected chi connectivity index (χ0v) is 17.8. The SMILES string of the molecule is CCn1cc(-c2cncnc2N2CCN(C(CN)c3ccc(C(F)(F)F)cc3)CC2)cn1. The Bertz CT molecular complexity index is 1020. The molecule has 3 heterocycles. The van der Waals surface area contributed by atoms with Crippen LogP contribution in [0.3, 0.4) is 0 Å². The molecule has 7 nitrogen and oxygen atoms in total. The van der Waals surface area contributed by atoms with E-state index in [4.69, 9.17) is 5.73 Å². The van der Waals surface area contributed by atoms with E-state index < -0.39 is 11.7 Å². The highest BCUT2D eigenvalue weighted by atomic mass is 19.4. The van der Waals surface area contributed by atoms with Crippen LogP contribution in [0.15, 0.2) is 49.2 Å². The van der Waals surface area contributed by atoms with E-state index in [0.717, 1.165) is 67.4 Å². The molecule has 10 heteroatoms. The van der Waals surface area contributed by atoms with E-state index in [1.807, 2.05) is 24.0 Å². The summed E-state index contributed by atoms with van der Waals surface area (Å²) in [6.07, 6.45) is 2.80. The average Bonchev–Trinajstić information content (AvgIpc) is 3.29. The molecule has 0 bridgehead atoms. The molecule has 0 amide bonds. The molecule has 0 saturated carbocycles. The maximum atomic E-state index is 12.9. The van der Waals surface area contributed by atoms with E-state index in [1.54, 1.807) is 12.5 Å². The summed E-state index contributed by atoms with van der Waals surface area (Å²) >= 11 is 0. The molecule has 1 aromatic carbocycles. The van der Waals surface area contributed by atoms with Crippen molar-refractivity contribution < 1.29 is 13.2 Å². The van der Waals surface area contributed by atoms with Crippen molar-refractivity contribution in [2.24, 2.45) is 5.73 Å². The lowest BCUT2D eigenvalue weighted by atomic mass is 10.0. The minimum atomic E-state index is -4.34. The highest BCUT2D eigenvalue weighted by Crippen LogP contribution is 2.32. The van der Waals surface area contributed by atoms with Crippen LogP contribution in [0.5, 0.6) is 0 Å². The van der Waals surface area contributed by atoms with Gasteiger partial charge in [0.2, 0.25) is 0 Å². The number of alkyl halides is 3. The fourth-order valence-electron chi connectivity index (χ4n) is 4.09. The molecule has 2 N–H and O–H groups in total. The van der Waals surface area contributed by atoms with Gasteiger partial charge in [-0.15, -0.1) is 0 Å². The largest absolute Gasteiger partial charge is 0.416 e. The maximum Gasteiger partial charge on any atom is 0.416 e. The number of piperazine rings is 1. The van der Waals surface area contributed by atoms with Crippen molar-refractivity contribution in [3.05, 3.63) is 60.3 Å². The molecule has 1 saturated heterocycles. The Kier molecular flexibility index (Phi) is 6.43. The molecule has 0 aliphatic carbocycles. The lowest BCUT2D eigenvalue weighted by molar-refractivity contribution is -0.137. The van der Waals surface area contributed by atoms with Gasteiger partial charge in [-0.05, 0) is 24.6 Å². The number of rotatable bonds is 6. The zero-order valence-electron chi connectivity index (χ0n) is 17.8. The van der Waals surface area contributed by atoms with Crippen molar-refractivity contribution in [2.75, 3.05) is 37.6 Å². The Morgan fingerprint density at radius 2 is 1.78 bits per heavy atom. The van der Waals surface area contributed by atoms with Gasteiger partial charge in [0, 0.05) is 68.8 Å². The van der Waals surface area contributed by atoms with Crippen LogP contribution in [-0.4, -0.2) is 57.4 Å². The Balaban J connectivity index is 1.47. The van der Waals surface area contributed by atoms with Crippen molar-refractivity contribution in [1.29, 1.82) is 0 Å². The van der Waals surface area contributed by atoms with Crippen LogP contribution in [-0.2, 0) is 12.7 Å². The lowest BCUT2D eigenvalue weighted by Gasteiger charge is -2.40. The second-order valence-corrected chi connectivity index (χ2v) is 7.74. The molecule has 3 aromatic rings. The smallest absolute Gasteiger partial charge is 0.353 e. The Hall–Kier alpha value is -2.98. The van der Waals surface area contributed by atoms with E-state index in [-0.39, 0.29) is 6.04 Å². The fourth-order valence-corrected chi connectivity index (χ4v) is 4.09. The van der Waals surface area contributed by atoms with Gasteiger partial charge in [-0.2, -0.15) is 18.3 Å². The van der Waals surface area contributed by atoms with Crippen LogP contribution in [0, 0.1) is 0 Å². The van der Waals surface area contributed by atoms with Crippen molar-refractivity contribution in [1.82, 2.24) is 24.6 Å². The summed E-state index contributed by atoms with van der Waals surface area (Å²) in [5.74, 6) is 0.856. The number of hydrogen-bond acceptors (Lipinski definition) is 6. The summed E-state index contributed by atoms with van der Waals surface area (Å²) in [6.45, 7) is 6.04. The number of nitrogens with zero attached hydrogens (tertiary/aromatic N) is 6. The third kappa shape index (κ3) is 4.61. The predicted octanol–water partition coefficient (Wildman–Crippen LogP) is 3.20. The molecule has 32 heavy (non-hydrogen) atoms. The topological polar surface area (TPSA) is 76.1 Å². The summed E-state index contributed by atoms with van der Waals surface area (Å²) in [4.78, 5) is 13.1. The van der Waals surface area contributed by atoms with Gasteiger partial charge >= 0.3 is 6.18 Å². The van der Waals surface area contributed by atoms with Gasteiger partial charge in [0.15, 0.2) is 0 Å². The van der Waals surface area contributed by atoms with Gasteiger partial charge in [-0.25, -0.2) is 9.97 Å². The first kappa shape index (κ1) is 22.2. The molecule has 170 valence electrons. The molecule has 1 fully saturated rings. The second kappa shape index (κ2) is 9.25. The molecule has 1 aliphatic heterocycles. The summed E-state index contributed by atoms with van der Waals surface area (Å²) in [6, 6.07) is 5.17. The van der Waals surface area contributed by atoms with Crippen molar-refractivity contribution >= 4 is 5.82 Å². The second-order valence-electron chi connectivity index (χ2n) is 7.74. The number of nitrogens with two attached hydrogens (primary N) is 1. The summed E-state index contributed by atoms with van der Waals surface area (Å²) < 4.78 is 40.5. The van der Waals surface area contributed by atoms with E-state index in [9.17, 15) is 13.2 Å². The van der Waals surface area contributed by atoms with Gasteiger partial charge in [0.1, 0.15) is 12.1 Å². The normalized spacial score (nSPS) is 16.3. The van der Waals surface area contributed by atoms with Crippen LogP contribution in [0.4, 0.5) is 19.0 Å². The Morgan fingerprint density at radius 3 is 2.38 bits per heavy atom. The Morgan fingerprint density at radius 1 is 1.06 bits per heavy atom. The van der Waals surface area contributed by atoms with Crippen LogP contribution in [0.1, 0.15) is 24.1 Å². The number of halogens is 3. The molecule has 1 unspecified atom stereocenters. The van der Waals surface area contributed by atoms with Crippen LogP contribution in [0.25, 0.3) is 11.1 Å². The minimum absolute atomic E-state index is 0.132. The van der Waals surface area contributed by atoms with Crippen molar-refractivity contribution in [3.8, 4) is 11.1 Å². The molecule has 1 atom stereocenters. The molecule has 4 rings (SSSR count). The molecule has 0 spiro atoms. The first-order valence-electron chi connectivity index (χ1n) is 10.6. The zero-order chi connectivity index (χ0) is 22.7. The van der Waals surface area contributed by atoms with Crippen LogP contribution < -0.4 is 10.6 Å². The van der Waals surface area contributed by atoms with Gasteiger partial charge < -0.3 is 10.6 Å². The standard InChI is InChI=1S/C22H26F3N7/c1-2-32-14-17(12-29-32)19-13-27-15-28-21(19)31-9-7-30(8-10-31)20(11-26)16-3-5-18(6-4-16)22(23,24)25/h3-6,12-15,20H,2,7-11,26H2,1H3. The third-order valence-electron chi connectivity index (χ3n) is 5.86. The molecule has 2 aromatic heterocycles. The number of hydrogen-bond donors (Lipinski definition) is 1. The van der Waals surface area contributed by atoms with Gasteiger partial charge in [-0.1, -0.05) is 12.1 Å². The average molecular weight is 445 g/mol. The maximum absolute atomic E-state index is 12.9. The predicted molar refractivity (Wildman–Crippen MR) is 116 cm³/mol. The molecular weight excluding hydrogens is 419 g/mol. The van der Waals surface area contributed by atoms with Crippen LogP contribution >= 0.6 is 0 Å². The quantitative estimate of drug-likeness (QED) is 0.628. The van der Waals surface area contributed by atoms with Gasteiger partial charge in [-0.3, -0.25) is 9.58 Å². The summed E-state index contributed by atoms with van der Waals surface area (Å²) in [5.41, 5.74) is 8.06. The number of aryl methyl sites for hydroxylation is 1. The van der Waals surface area contributed by atoms with E-state index in [2.05, 4.69) is 24.9 Å². The molecular formula is C22H26F3N7. The van der Waals surface area contributed by atoms with E-state index in [0.29, 0.717) is 6.54 Å². The van der Waals surface area contributed by atoms with Crippen LogP contribution in [0.2, 0.25) is 0 Å². The van der Waals surface area contributed by atoms with Gasteiger partial charge in [0.25, 0.3) is 0 Å². The first-order chi connectivity index (χ1) is 15.4. The molecule has 1 aliphatic rings. The third-order valence-corrected chi connectivity index (χ3v) is 5.86.